The standard InChI is InChI=1S/C18H17BrN2O6/c1-10-11(2)15(13(19)9-14(10)21(24)25)20-8-6-5-7-12(17(22)26-3)16(20)18(23)27-4/h5-9H,1-4H3. The quantitative estimate of drug-likeness (QED) is 0.404. The van der Waals surface area contributed by atoms with Crippen LogP contribution in [0.2, 0.25) is 0 Å². The number of ether oxygens (including phenoxy) is 2. The third-order valence-corrected chi connectivity index (χ3v) is 4.72. The molecule has 0 atom stereocenters. The van der Waals surface area contributed by atoms with E-state index >= 15 is 0 Å². The van der Waals surface area contributed by atoms with Crippen molar-refractivity contribution in [2.24, 2.45) is 0 Å². The van der Waals surface area contributed by atoms with Crippen molar-refractivity contribution in [1.29, 1.82) is 0 Å². The number of rotatable bonds is 4. The van der Waals surface area contributed by atoms with Gasteiger partial charge in [0.2, 0.25) is 0 Å². The van der Waals surface area contributed by atoms with Crippen molar-refractivity contribution >= 4 is 39.2 Å². The fraction of sp³-hybridized carbons (Fsp3) is 0.222. The van der Waals surface area contributed by atoms with Crippen LogP contribution in [0.4, 0.5) is 11.4 Å². The Balaban J connectivity index is 2.83. The first-order valence-corrected chi connectivity index (χ1v) is 8.53. The lowest BCUT2D eigenvalue weighted by Crippen LogP contribution is -2.28. The molecule has 0 bridgehead atoms. The summed E-state index contributed by atoms with van der Waals surface area (Å²) in [5.41, 5.74) is 1.35. The molecule has 0 saturated carbocycles. The van der Waals surface area contributed by atoms with E-state index in [9.17, 15) is 19.7 Å². The molecule has 9 heteroatoms. The summed E-state index contributed by atoms with van der Waals surface area (Å²) in [6.45, 7) is 3.31. The maximum Gasteiger partial charge on any atom is 0.355 e. The van der Waals surface area contributed by atoms with Crippen molar-refractivity contribution in [3.8, 4) is 0 Å². The van der Waals surface area contributed by atoms with E-state index in [0.29, 0.717) is 21.3 Å². The average Bonchev–Trinajstić information content (AvgIpc) is 2.86. The fourth-order valence-electron chi connectivity index (χ4n) is 2.67. The van der Waals surface area contributed by atoms with Crippen molar-refractivity contribution in [3.63, 3.8) is 0 Å². The number of hydrogen-bond acceptors (Lipinski definition) is 7. The summed E-state index contributed by atoms with van der Waals surface area (Å²) >= 11 is 3.34. The first-order chi connectivity index (χ1) is 12.7. The van der Waals surface area contributed by atoms with Gasteiger partial charge in [-0.05, 0) is 47.5 Å². The van der Waals surface area contributed by atoms with Crippen LogP contribution < -0.4 is 4.90 Å². The van der Waals surface area contributed by atoms with Crippen LogP contribution in [0, 0.1) is 24.0 Å². The molecular weight excluding hydrogens is 420 g/mol. The molecular formula is C18H17BrN2O6. The number of esters is 2. The monoisotopic (exact) mass is 436 g/mol. The van der Waals surface area contributed by atoms with E-state index in [4.69, 9.17) is 9.47 Å². The number of nitro groups is 1. The number of halogens is 1. The molecule has 0 N–H and O–H groups in total. The zero-order valence-electron chi connectivity index (χ0n) is 15.1. The minimum Gasteiger partial charge on any atom is -0.465 e. The van der Waals surface area contributed by atoms with Gasteiger partial charge in [-0.25, -0.2) is 9.59 Å². The Bertz CT molecular complexity index is 917. The molecule has 1 aliphatic heterocycles. The summed E-state index contributed by atoms with van der Waals surface area (Å²) in [6, 6.07) is 1.36. The highest BCUT2D eigenvalue weighted by atomic mass is 79.9. The van der Waals surface area contributed by atoms with E-state index < -0.39 is 16.9 Å². The van der Waals surface area contributed by atoms with E-state index in [0.717, 1.165) is 0 Å². The van der Waals surface area contributed by atoms with Gasteiger partial charge in [-0.3, -0.25) is 10.1 Å². The number of nitrogens with zero attached hydrogens (tertiary/aromatic N) is 2. The largest absolute Gasteiger partial charge is 0.465 e. The maximum absolute atomic E-state index is 12.5. The zero-order chi connectivity index (χ0) is 20.3. The van der Waals surface area contributed by atoms with E-state index in [1.165, 1.54) is 31.3 Å². The van der Waals surface area contributed by atoms with Crippen LogP contribution in [0.25, 0.3) is 0 Å². The summed E-state index contributed by atoms with van der Waals surface area (Å²) in [5.74, 6) is -1.47. The van der Waals surface area contributed by atoms with Crippen molar-refractivity contribution in [1.82, 2.24) is 0 Å². The van der Waals surface area contributed by atoms with Gasteiger partial charge >= 0.3 is 11.9 Å². The second kappa shape index (κ2) is 8.17. The summed E-state index contributed by atoms with van der Waals surface area (Å²) in [4.78, 5) is 37.0. The molecule has 0 spiro atoms. The molecule has 2 rings (SSSR count). The predicted molar refractivity (Wildman–Crippen MR) is 102 cm³/mol. The van der Waals surface area contributed by atoms with Gasteiger partial charge < -0.3 is 14.4 Å². The number of nitro benzene ring substituents is 1. The Kier molecular flexibility index (Phi) is 6.17. The van der Waals surface area contributed by atoms with E-state index in [1.807, 2.05) is 0 Å². The Morgan fingerprint density at radius 1 is 1.11 bits per heavy atom. The number of carbonyl (C=O) groups excluding carboxylic acids is 2. The lowest BCUT2D eigenvalue weighted by atomic mass is 10.0. The van der Waals surface area contributed by atoms with E-state index in [-0.39, 0.29) is 17.0 Å². The van der Waals surface area contributed by atoms with Crippen LogP contribution in [0.5, 0.6) is 0 Å². The average molecular weight is 437 g/mol. The van der Waals surface area contributed by atoms with Crippen LogP contribution in [-0.4, -0.2) is 31.1 Å². The molecule has 1 aromatic carbocycles. The normalized spacial score (nSPS) is 13.4. The number of benzene rings is 1. The van der Waals surface area contributed by atoms with Crippen LogP contribution in [-0.2, 0) is 19.1 Å². The molecule has 0 aromatic heterocycles. The highest BCUT2D eigenvalue weighted by Crippen LogP contribution is 2.40. The van der Waals surface area contributed by atoms with Crippen LogP contribution in [0.15, 0.2) is 46.2 Å². The molecule has 0 aliphatic carbocycles. The first-order valence-electron chi connectivity index (χ1n) is 7.73. The highest BCUT2D eigenvalue weighted by molar-refractivity contribution is 9.10. The van der Waals surface area contributed by atoms with E-state index in [1.54, 1.807) is 32.2 Å². The van der Waals surface area contributed by atoms with Crippen molar-refractivity contribution < 1.29 is 24.0 Å². The Morgan fingerprint density at radius 3 is 2.30 bits per heavy atom. The number of methoxy groups -OCH3 is 2. The molecule has 8 nitrogen and oxygen atoms in total. The second-order valence-electron chi connectivity index (χ2n) is 5.55. The van der Waals surface area contributed by atoms with Gasteiger partial charge in [0.1, 0.15) is 5.70 Å². The molecule has 0 radical (unpaired) electrons. The molecule has 1 aromatic rings. The lowest BCUT2D eigenvalue weighted by molar-refractivity contribution is -0.385. The summed E-state index contributed by atoms with van der Waals surface area (Å²) in [7, 11) is 2.40. The minimum absolute atomic E-state index is 0.00310. The van der Waals surface area contributed by atoms with Crippen LogP contribution >= 0.6 is 15.9 Å². The lowest BCUT2D eigenvalue weighted by Gasteiger charge is -2.26. The minimum atomic E-state index is -0.756. The van der Waals surface area contributed by atoms with Crippen molar-refractivity contribution in [3.05, 3.63) is 67.5 Å². The molecule has 0 fully saturated rings. The van der Waals surface area contributed by atoms with Gasteiger partial charge in [0.25, 0.3) is 5.69 Å². The third kappa shape index (κ3) is 3.77. The first kappa shape index (κ1) is 20.4. The molecule has 1 aliphatic rings. The smallest absolute Gasteiger partial charge is 0.355 e. The molecule has 0 amide bonds. The van der Waals surface area contributed by atoms with E-state index in [2.05, 4.69) is 15.9 Å². The topological polar surface area (TPSA) is 99.0 Å². The van der Waals surface area contributed by atoms with Crippen molar-refractivity contribution in [2.75, 3.05) is 19.1 Å². The fourth-order valence-corrected chi connectivity index (χ4v) is 3.37. The van der Waals surface area contributed by atoms with Gasteiger partial charge in [0.05, 0.1) is 30.4 Å². The summed E-state index contributed by atoms with van der Waals surface area (Å²) < 4.78 is 10.0. The highest BCUT2D eigenvalue weighted by Gasteiger charge is 2.31. The van der Waals surface area contributed by atoms with Gasteiger partial charge in [-0.2, -0.15) is 0 Å². The van der Waals surface area contributed by atoms with Gasteiger partial charge in [-0.1, -0.05) is 6.08 Å². The van der Waals surface area contributed by atoms with Crippen LogP contribution in [0.3, 0.4) is 0 Å². The zero-order valence-corrected chi connectivity index (χ0v) is 16.7. The Morgan fingerprint density at radius 2 is 1.74 bits per heavy atom. The maximum atomic E-state index is 12.5. The summed E-state index contributed by atoms with van der Waals surface area (Å²) in [6.07, 6.45) is 6.21. The number of allylic oxidation sites excluding steroid dienone is 2. The third-order valence-electron chi connectivity index (χ3n) is 4.12. The number of carbonyl (C=O) groups is 2. The molecule has 142 valence electrons. The molecule has 0 unspecified atom stereocenters. The second-order valence-corrected chi connectivity index (χ2v) is 6.40. The predicted octanol–water partition coefficient (Wildman–Crippen LogP) is 3.46. The molecule has 0 saturated heterocycles. The Labute approximate surface area is 164 Å². The van der Waals surface area contributed by atoms with Crippen LogP contribution in [0.1, 0.15) is 11.1 Å². The SMILES string of the molecule is COC(=O)C1=C(C(=O)OC)N(c2c(Br)cc([N+](=O)[O-])c(C)c2C)C=CC=C1. The Hall–Kier alpha value is -2.94. The van der Waals surface area contributed by atoms with Gasteiger partial charge in [-0.15, -0.1) is 0 Å². The van der Waals surface area contributed by atoms with Crippen molar-refractivity contribution in [2.45, 2.75) is 13.8 Å². The van der Waals surface area contributed by atoms with Gasteiger partial charge in [0.15, 0.2) is 0 Å². The van der Waals surface area contributed by atoms with Gasteiger partial charge in [0, 0.05) is 22.3 Å². The number of hydrogen-bond donors (Lipinski definition) is 0. The number of anilines is 1. The summed E-state index contributed by atoms with van der Waals surface area (Å²) in [5, 5.41) is 11.3. The molecule has 1 heterocycles. The molecule has 27 heavy (non-hydrogen) atoms.